The molecule has 64 valence electrons. The van der Waals surface area contributed by atoms with E-state index < -0.39 is 0 Å². The third-order valence-electron chi connectivity index (χ3n) is 2.11. The second-order valence-electron chi connectivity index (χ2n) is 3.16. The summed E-state index contributed by atoms with van der Waals surface area (Å²) in [6, 6.07) is 0.436. The molecule has 0 radical (unpaired) electrons. The summed E-state index contributed by atoms with van der Waals surface area (Å²) in [6.07, 6.45) is 3.59. The Morgan fingerprint density at radius 1 is 1.73 bits per heavy atom. The van der Waals surface area contributed by atoms with Crippen LogP contribution in [0.2, 0.25) is 0 Å². The van der Waals surface area contributed by atoms with E-state index >= 15 is 0 Å². The van der Waals surface area contributed by atoms with Crippen molar-refractivity contribution in [1.82, 2.24) is 5.32 Å². The van der Waals surface area contributed by atoms with E-state index in [-0.39, 0.29) is 12.5 Å². The number of hydrogen-bond acceptors (Lipinski definition) is 2. The lowest BCUT2D eigenvalue weighted by atomic mass is 10.2. The van der Waals surface area contributed by atoms with E-state index in [9.17, 15) is 4.79 Å². The Kier molecular flexibility index (Phi) is 2.88. The summed E-state index contributed by atoms with van der Waals surface area (Å²) in [6.45, 7) is 2.29. The predicted molar refractivity (Wildman–Crippen MR) is 44.0 cm³/mol. The SMILES string of the molecule is CCCC1CC1NC(=O)CN. The van der Waals surface area contributed by atoms with Crippen LogP contribution in [0.3, 0.4) is 0 Å². The van der Waals surface area contributed by atoms with Gasteiger partial charge in [0.1, 0.15) is 0 Å². The van der Waals surface area contributed by atoms with E-state index in [0.717, 1.165) is 12.3 Å². The molecule has 1 saturated carbocycles. The standard InChI is InChI=1S/C8H16N2O/c1-2-3-6-4-7(6)10-8(11)5-9/h6-7H,2-5,9H2,1H3,(H,10,11). The van der Waals surface area contributed by atoms with Crippen molar-refractivity contribution >= 4 is 5.91 Å². The minimum atomic E-state index is -0.0198. The number of carbonyl (C=O) groups excluding carboxylic acids is 1. The van der Waals surface area contributed by atoms with Gasteiger partial charge < -0.3 is 11.1 Å². The zero-order valence-electron chi connectivity index (χ0n) is 6.97. The van der Waals surface area contributed by atoms with Crippen molar-refractivity contribution in [2.45, 2.75) is 32.2 Å². The van der Waals surface area contributed by atoms with E-state index in [1.165, 1.54) is 12.8 Å². The van der Waals surface area contributed by atoms with Crippen LogP contribution in [0.25, 0.3) is 0 Å². The molecule has 0 aromatic rings. The minimum Gasteiger partial charge on any atom is -0.352 e. The molecular weight excluding hydrogens is 140 g/mol. The van der Waals surface area contributed by atoms with Gasteiger partial charge in [0.2, 0.25) is 5.91 Å². The summed E-state index contributed by atoms with van der Waals surface area (Å²) < 4.78 is 0. The first-order chi connectivity index (χ1) is 5.27. The maximum absolute atomic E-state index is 10.8. The molecule has 0 aliphatic heterocycles. The number of rotatable bonds is 4. The van der Waals surface area contributed by atoms with Gasteiger partial charge in [-0.2, -0.15) is 0 Å². The Labute approximate surface area is 67.3 Å². The van der Waals surface area contributed by atoms with Crippen molar-refractivity contribution in [3.05, 3.63) is 0 Å². The van der Waals surface area contributed by atoms with Crippen LogP contribution in [0.15, 0.2) is 0 Å². The fraction of sp³-hybridized carbons (Fsp3) is 0.875. The maximum atomic E-state index is 10.8. The summed E-state index contributed by atoms with van der Waals surface area (Å²) in [7, 11) is 0. The first-order valence-electron chi connectivity index (χ1n) is 4.27. The smallest absolute Gasteiger partial charge is 0.233 e. The van der Waals surface area contributed by atoms with Crippen molar-refractivity contribution in [3.8, 4) is 0 Å². The Balaban J connectivity index is 2.08. The normalized spacial score (nSPS) is 28.2. The zero-order chi connectivity index (χ0) is 8.27. The Morgan fingerprint density at radius 3 is 3.00 bits per heavy atom. The summed E-state index contributed by atoms with van der Waals surface area (Å²) >= 11 is 0. The average Bonchev–Trinajstić information content (AvgIpc) is 2.69. The van der Waals surface area contributed by atoms with Gasteiger partial charge in [0, 0.05) is 6.04 Å². The first-order valence-corrected chi connectivity index (χ1v) is 4.27. The van der Waals surface area contributed by atoms with Crippen LogP contribution in [-0.4, -0.2) is 18.5 Å². The minimum absolute atomic E-state index is 0.0198. The summed E-state index contributed by atoms with van der Waals surface area (Å²) in [4.78, 5) is 10.8. The number of hydrogen-bond donors (Lipinski definition) is 2. The highest BCUT2D eigenvalue weighted by Gasteiger charge is 2.36. The topological polar surface area (TPSA) is 55.1 Å². The predicted octanol–water partition coefficient (Wildman–Crippen LogP) is 0.250. The van der Waals surface area contributed by atoms with Crippen LogP contribution >= 0.6 is 0 Å². The van der Waals surface area contributed by atoms with Crippen LogP contribution in [0.4, 0.5) is 0 Å². The summed E-state index contributed by atoms with van der Waals surface area (Å²) in [5.41, 5.74) is 5.16. The van der Waals surface area contributed by atoms with Gasteiger partial charge in [0.15, 0.2) is 0 Å². The fourth-order valence-corrected chi connectivity index (χ4v) is 1.38. The molecule has 0 bridgehead atoms. The second-order valence-corrected chi connectivity index (χ2v) is 3.16. The van der Waals surface area contributed by atoms with Crippen molar-refractivity contribution in [2.75, 3.05) is 6.54 Å². The average molecular weight is 156 g/mol. The van der Waals surface area contributed by atoms with Crippen molar-refractivity contribution in [3.63, 3.8) is 0 Å². The fourth-order valence-electron chi connectivity index (χ4n) is 1.38. The Bertz CT molecular complexity index is 147. The van der Waals surface area contributed by atoms with Gasteiger partial charge in [0.05, 0.1) is 6.54 Å². The Morgan fingerprint density at radius 2 is 2.45 bits per heavy atom. The molecule has 3 N–H and O–H groups in total. The maximum Gasteiger partial charge on any atom is 0.233 e. The molecular formula is C8H16N2O. The van der Waals surface area contributed by atoms with Gasteiger partial charge in [-0.15, -0.1) is 0 Å². The molecule has 0 aromatic heterocycles. The highest BCUT2D eigenvalue weighted by molar-refractivity contribution is 5.78. The van der Waals surface area contributed by atoms with Gasteiger partial charge in [-0.1, -0.05) is 13.3 Å². The number of nitrogens with two attached hydrogens (primary N) is 1. The lowest BCUT2D eigenvalue weighted by Crippen LogP contribution is -2.32. The van der Waals surface area contributed by atoms with E-state index in [2.05, 4.69) is 12.2 Å². The lowest BCUT2D eigenvalue weighted by molar-refractivity contribution is -0.119. The largest absolute Gasteiger partial charge is 0.352 e. The highest BCUT2D eigenvalue weighted by atomic mass is 16.1. The molecule has 0 heterocycles. The summed E-state index contributed by atoms with van der Waals surface area (Å²) in [5, 5.41) is 2.87. The van der Waals surface area contributed by atoms with Crippen LogP contribution in [-0.2, 0) is 4.79 Å². The van der Waals surface area contributed by atoms with Gasteiger partial charge in [-0.3, -0.25) is 4.79 Å². The van der Waals surface area contributed by atoms with E-state index in [1.54, 1.807) is 0 Å². The molecule has 2 unspecified atom stereocenters. The van der Waals surface area contributed by atoms with Crippen molar-refractivity contribution in [1.29, 1.82) is 0 Å². The van der Waals surface area contributed by atoms with Crippen LogP contribution < -0.4 is 11.1 Å². The number of carbonyl (C=O) groups is 1. The quantitative estimate of drug-likeness (QED) is 0.613. The monoisotopic (exact) mass is 156 g/mol. The molecule has 0 spiro atoms. The third kappa shape index (κ3) is 2.50. The van der Waals surface area contributed by atoms with Crippen molar-refractivity contribution < 1.29 is 4.79 Å². The van der Waals surface area contributed by atoms with Crippen LogP contribution in [0, 0.1) is 5.92 Å². The lowest BCUT2D eigenvalue weighted by Gasteiger charge is -2.00. The number of nitrogens with one attached hydrogen (secondary N) is 1. The van der Waals surface area contributed by atoms with E-state index in [4.69, 9.17) is 5.73 Å². The van der Waals surface area contributed by atoms with E-state index in [1.807, 2.05) is 0 Å². The first kappa shape index (κ1) is 8.53. The molecule has 11 heavy (non-hydrogen) atoms. The highest BCUT2D eigenvalue weighted by Crippen LogP contribution is 2.34. The molecule has 3 nitrogen and oxygen atoms in total. The molecule has 1 aliphatic rings. The molecule has 1 fully saturated rings. The molecule has 2 atom stereocenters. The summed E-state index contributed by atoms with van der Waals surface area (Å²) in [5.74, 6) is 0.712. The van der Waals surface area contributed by atoms with Gasteiger partial charge in [-0.25, -0.2) is 0 Å². The molecule has 3 heteroatoms. The van der Waals surface area contributed by atoms with Gasteiger partial charge >= 0.3 is 0 Å². The second kappa shape index (κ2) is 3.72. The van der Waals surface area contributed by atoms with Gasteiger partial charge in [-0.05, 0) is 18.8 Å². The molecule has 1 rings (SSSR count). The van der Waals surface area contributed by atoms with Gasteiger partial charge in [0.25, 0.3) is 0 Å². The zero-order valence-corrected chi connectivity index (χ0v) is 6.97. The number of amides is 1. The van der Waals surface area contributed by atoms with Crippen LogP contribution in [0.5, 0.6) is 0 Å². The molecule has 1 amide bonds. The molecule has 1 aliphatic carbocycles. The Hall–Kier alpha value is -0.570. The van der Waals surface area contributed by atoms with Crippen LogP contribution in [0.1, 0.15) is 26.2 Å². The molecule has 0 aromatic carbocycles. The third-order valence-corrected chi connectivity index (χ3v) is 2.11. The van der Waals surface area contributed by atoms with Crippen molar-refractivity contribution in [2.24, 2.45) is 11.7 Å². The van der Waals surface area contributed by atoms with E-state index in [0.29, 0.717) is 6.04 Å². The molecule has 0 saturated heterocycles.